The van der Waals surface area contributed by atoms with Gasteiger partial charge in [-0.2, -0.15) is 5.26 Å². The van der Waals surface area contributed by atoms with Crippen LogP contribution in [-0.4, -0.2) is 16.7 Å². The summed E-state index contributed by atoms with van der Waals surface area (Å²) in [4.78, 5) is 12.3. The van der Waals surface area contributed by atoms with Crippen molar-refractivity contribution in [3.8, 4) is 6.07 Å². The van der Waals surface area contributed by atoms with Gasteiger partial charge in [0.2, 0.25) is 5.91 Å². The lowest BCUT2D eigenvalue weighted by Gasteiger charge is -2.32. The second-order valence-electron chi connectivity index (χ2n) is 5.68. The Bertz CT molecular complexity index is 503. The van der Waals surface area contributed by atoms with Gasteiger partial charge >= 0.3 is 0 Å². The zero-order chi connectivity index (χ0) is 15.1. The van der Waals surface area contributed by atoms with E-state index in [1.807, 2.05) is 25.1 Å². The van der Waals surface area contributed by atoms with Gasteiger partial charge in [0, 0.05) is 5.75 Å². The van der Waals surface area contributed by atoms with Crippen LogP contribution in [0.1, 0.15) is 44.6 Å². The molecule has 1 aliphatic carbocycles. The van der Waals surface area contributed by atoms with E-state index in [0.717, 1.165) is 37.9 Å². The van der Waals surface area contributed by atoms with Gasteiger partial charge in [0.1, 0.15) is 5.54 Å². The van der Waals surface area contributed by atoms with E-state index in [-0.39, 0.29) is 11.2 Å². The smallest absolute Gasteiger partial charge is 0.234 e. The third-order valence-corrected chi connectivity index (χ3v) is 5.21. The van der Waals surface area contributed by atoms with E-state index in [4.69, 9.17) is 0 Å². The van der Waals surface area contributed by atoms with Crippen molar-refractivity contribution in [1.29, 1.82) is 5.26 Å². The Morgan fingerprint density at radius 3 is 2.62 bits per heavy atom. The predicted molar refractivity (Wildman–Crippen MR) is 86.8 cm³/mol. The Kier molecular flexibility index (Phi) is 5.69. The molecule has 0 bridgehead atoms. The van der Waals surface area contributed by atoms with Crippen LogP contribution in [0.15, 0.2) is 30.3 Å². The van der Waals surface area contributed by atoms with Crippen molar-refractivity contribution < 1.29 is 4.79 Å². The first kappa shape index (κ1) is 15.9. The second-order valence-corrected chi connectivity index (χ2v) is 7.01. The molecule has 1 aliphatic rings. The average Bonchev–Trinajstić information content (AvgIpc) is 2.54. The lowest BCUT2D eigenvalue weighted by molar-refractivity contribution is -0.121. The molecule has 1 saturated carbocycles. The fraction of sp³-hybridized carbons (Fsp3) is 0.529. The van der Waals surface area contributed by atoms with Crippen LogP contribution in [0.3, 0.4) is 0 Å². The molecule has 4 heteroatoms. The molecule has 1 N–H and O–H groups in total. The molecule has 2 rings (SSSR count). The summed E-state index contributed by atoms with van der Waals surface area (Å²) >= 11 is 1.61. The van der Waals surface area contributed by atoms with Gasteiger partial charge in [-0.3, -0.25) is 4.79 Å². The quantitative estimate of drug-likeness (QED) is 0.903. The molecule has 1 aromatic carbocycles. The number of thioether (sulfide) groups is 1. The highest BCUT2D eigenvalue weighted by atomic mass is 32.2. The Morgan fingerprint density at radius 2 is 2.00 bits per heavy atom. The molecule has 1 aromatic rings. The van der Waals surface area contributed by atoms with Crippen molar-refractivity contribution >= 4 is 17.7 Å². The number of nitriles is 1. The maximum Gasteiger partial charge on any atom is 0.234 e. The Morgan fingerprint density at radius 1 is 1.33 bits per heavy atom. The molecule has 21 heavy (non-hydrogen) atoms. The standard InChI is InChI=1S/C17H22N2OS/c1-14(21-12-15-8-4-2-5-9-15)16(20)19-17(13-18)10-6-3-7-11-17/h2,4-5,8-9,14H,3,6-7,10-12H2,1H3,(H,19,20)/t14-/m0/s1. The summed E-state index contributed by atoms with van der Waals surface area (Å²) in [7, 11) is 0. The normalized spacial score (nSPS) is 18.5. The van der Waals surface area contributed by atoms with Crippen molar-refractivity contribution in [2.24, 2.45) is 0 Å². The first-order valence-corrected chi connectivity index (χ1v) is 8.59. The molecule has 0 saturated heterocycles. The third kappa shape index (κ3) is 4.50. The number of nitrogens with one attached hydrogen (secondary N) is 1. The number of rotatable bonds is 5. The molecule has 1 amide bonds. The van der Waals surface area contributed by atoms with E-state index in [1.54, 1.807) is 11.8 Å². The monoisotopic (exact) mass is 302 g/mol. The number of carbonyl (C=O) groups is 1. The van der Waals surface area contributed by atoms with E-state index in [0.29, 0.717) is 0 Å². The van der Waals surface area contributed by atoms with E-state index in [9.17, 15) is 10.1 Å². The molecule has 0 aromatic heterocycles. The summed E-state index contributed by atoms with van der Waals surface area (Å²) < 4.78 is 0. The number of hydrogen-bond donors (Lipinski definition) is 1. The van der Waals surface area contributed by atoms with Crippen molar-refractivity contribution in [3.05, 3.63) is 35.9 Å². The molecule has 0 unspecified atom stereocenters. The Hall–Kier alpha value is -1.47. The molecule has 0 radical (unpaired) electrons. The number of hydrogen-bond acceptors (Lipinski definition) is 3. The number of carbonyl (C=O) groups excluding carboxylic acids is 1. The van der Waals surface area contributed by atoms with E-state index in [2.05, 4.69) is 23.5 Å². The average molecular weight is 302 g/mol. The zero-order valence-electron chi connectivity index (χ0n) is 12.5. The van der Waals surface area contributed by atoms with Crippen molar-refractivity contribution in [2.75, 3.05) is 0 Å². The highest BCUT2D eigenvalue weighted by molar-refractivity contribution is 7.99. The Balaban J connectivity index is 1.86. The predicted octanol–water partition coefficient (Wildman–Crippen LogP) is 3.65. The highest BCUT2D eigenvalue weighted by Gasteiger charge is 2.34. The van der Waals surface area contributed by atoms with Crippen molar-refractivity contribution in [1.82, 2.24) is 5.32 Å². The summed E-state index contributed by atoms with van der Waals surface area (Å²) in [5.41, 5.74) is 0.589. The first-order chi connectivity index (χ1) is 10.2. The number of amides is 1. The SMILES string of the molecule is C[C@H](SCc1ccccc1)C(=O)NC1(C#N)CCCCC1. The maximum absolute atomic E-state index is 12.3. The summed E-state index contributed by atoms with van der Waals surface area (Å²) in [5.74, 6) is 0.800. The summed E-state index contributed by atoms with van der Waals surface area (Å²) in [6.07, 6.45) is 4.78. The largest absolute Gasteiger partial charge is 0.337 e. The Labute approximate surface area is 131 Å². The molecule has 1 fully saturated rings. The zero-order valence-corrected chi connectivity index (χ0v) is 13.3. The van der Waals surface area contributed by atoms with Gasteiger partial charge in [0.15, 0.2) is 0 Å². The van der Waals surface area contributed by atoms with Crippen LogP contribution in [-0.2, 0) is 10.5 Å². The van der Waals surface area contributed by atoms with Gasteiger partial charge in [-0.1, -0.05) is 49.6 Å². The molecule has 0 spiro atoms. The maximum atomic E-state index is 12.3. The van der Waals surface area contributed by atoms with Crippen molar-refractivity contribution in [3.63, 3.8) is 0 Å². The lowest BCUT2D eigenvalue weighted by Crippen LogP contribution is -2.50. The minimum Gasteiger partial charge on any atom is -0.337 e. The van der Waals surface area contributed by atoms with Crippen LogP contribution >= 0.6 is 11.8 Å². The molecular formula is C17H22N2OS. The summed E-state index contributed by atoms with van der Waals surface area (Å²) in [5, 5.41) is 12.3. The molecule has 0 heterocycles. The van der Waals surface area contributed by atoms with E-state index >= 15 is 0 Å². The van der Waals surface area contributed by atoms with Gasteiger partial charge < -0.3 is 5.32 Å². The minimum absolute atomic E-state index is 0.0145. The fourth-order valence-electron chi connectivity index (χ4n) is 2.63. The molecule has 112 valence electrons. The molecule has 3 nitrogen and oxygen atoms in total. The van der Waals surface area contributed by atoms with Crippen LogP contribution < -0.4 is 5.32 Å². The van der Waals surface area contributed by atoms with Crippen LogP contribution in [0.2, 0.25) is 0 Å². The van der Waals surface area contributed by atoms with E-state index < -0.39 is 5.54 Å². The highest BCUT2D eigenvalue weighted by Crippen LogP contribution is 2.28. The van der Waals surface area contributed by atoms with Crippen LogP contribution in [0, 0.1) is 11.3 Å². The van der Waals surface area contributed by atoms with Gasteiger partial charge in [-0.25, -0.2) is 0 Å². The first-order valence-electron chi connectivity index (χ1n) is 7.54. The van der Waals surface area contributed by atoms with Crippen LogP contribution in [0.4, 0.5) is 0 Å². The van der Waals surface area contributed by atoms with Gasteiger partial charge in [0.05, 0.1) is 11.3 Å². The minimum atomic E-state index is -0.628. The van der Waals surface area contributed by atoms with Gasteiger partial charge in [-0.05, 0) is 25.3 Å². The second kappa shape index (κ2) is 7.51. The molecule has 1 atom stereocenters. The van der Waals surface area contributed by atoms with Crippen molar-refractivity contribution in [2.45, 2.75) is 55.6 Å². The van der Waals surface area contributed by atoms with Crippen LogP contribution in [0.25, 0.3) is 0 Å². The summed E-state index contributed by atoms with van der Waals surface area (Å²) in [6.45, 7) is 1.91. The van der Waals surface area contributed by atoms with Gasteiger partial charge in [-0.15, -0.1) is 11.8 Å². The fourth-order valence-corrected chi connectivity index (χ4v) is 3.47. The molecular weight excluding hydrogens is 280 g/mol. The number of nitrogens with zero attached hydrogens (tertiary/aromatic N) is 1. The van der Waals surface area contributed by atoms with Gasteiger partial charge in [0.25, 0.3) is 0 Å². The third-order valence-electron chi connectivity index (χ3n) is 4.00. The summed E-state index contributed by atoms with van der Waals surface area (Å²) in [6, 6.07) is 12.5. The van der Waals surface area contributed by atoms with Crippen LogP contribution in [0.5, 0.6) is 0 Å². The number of benzene rings is 1. The lowest BCUT2D eigenvalue weighted by atomic mass is 9.83. The van der Waals surface area contributed by atoms with E-state index in [1.165, 1.54) is 5.56 Å². The topological polar surface area (TPSA) is 52.9 Å². The molecule has 0 aliphatic heterocycles.